The molecule has 0 aliphatic heterocycles. The molecule has 1 atom stereocenters. The summed E-state index contributed by atoms with van der Waals surface area (Å²) in [5, 5.41) is 5.53. The number of halogens is 2. The van der Waals surface area contributed by atoms with Crippen LogP contribution in [0.1, 0.15) is 22.9 Å². The van der Waals surface area contributed by atoms with E-state index in [0.717, 1.165) is 11.6 Å². The van der Waals surface area contributed by atoms with Gasteiger partial charge in [-0.3, -0.25) is 9.59 Å². The minimum atomic E-state index is -0.801. The first-order valence-electron chi connectivity index (χ1n) is 9.66. The van der Waals surface area contributed by atoms with Crippen molar-refractivity contribution in [1.82, 2.24) is 10.3 Å². The first kappa shape index (κ1) is 23.1. The number of amides is 2. The first-order valence-corrected chi connectivity index (χ1v) is 10.5. The fraction of sp³-hybridized carbons (Fsp3) is 0.174. The number of nitrogens with one attached hydrogen (secondary N) is 2. The van der Waals surface area contributed by atoms with E-state index in [2.05, 4.69) is 15.6 Å². The highest BCUT2D eigenvalue weighted by molar-refractivity contribution is 7.15. The number of aromatic nitrogens is 1. The van der Waals surface area contributed by atoms with Gasteiger partial charge in [0, 0.05) is 29.6 Å². The number of nitrogens with zero attached hydrogens (tertiary/aromatic N) is 1. The highest BCUT2D eigenvalue weighted by Gasteiger charge is 2.16. The molecular formula is C23H21F2N3O3S. The number of benzene rings is 2. The van der Waals surface area contributed by atoms with Gasteiger partial charge in [-0.05, 0) is 42.3 Å². The van der Waals surface area contributed by atoms with E-state index in [-0.39, 0.29) is 6.42 Å². The van der Waals surface area contributed by atoms with Crippen LogP contribution in [0.5, 0.6) is 5.75 Å². The molecule has 1 unspecified atom stereocenters. The van der Waals surface area contributed by atoms with Crippen LogP contribution in [0.25, 0.3) is 6.08 Å². The molecule has 6 nitrogen and oxygen atoms in total. The Labute approximate surface area is 188 Å². The lowest BCUT2D eigenvalue weighted by Gasteiger charge is -2.11. The third-order valence-corrected chi connectivity index (χ3v) is 5.37. The summed E-state index contributed by atoms with van der Waals surface area (Å²) in [7, 11) is 1.57. The van der Waals surface area contributed by atoms with Crippen molar-refractivity contribution in [3.05, 3.63) is 82.4 Å². The molecular weight excluding hydrogens is 436 g/mol. The maximum atomic E-state index is 13.8. The van der Waals surface area contributed by atoms with Crippen molar-refractivity contribution < 1.29 is 23.1 Å². The van der Waals surface area contributed by atoms with Crippen molar-refractivity contribution in [3.63, 3.8) is 0 Å². The van der Waals surface area contributed by atoms with Gasteiger partial charge in [-0.2, -0.15) is 0 Å². The summed E-state index contributed by atoms with van der Waals surface area (Å²) in [4.78, 5) is 29.2. The van der Waals surface area contributed by atoms with Crippen LogP contribution >= 0.6 is 11.3 Å². The summed E-state index contributed by atoms with van der Waals surface area (Å²) in [6.45, 7) is 1.55. The Morgan fingerprint density at radius 2 is 1.94 bits per heavy atom. The number of methoxy groups -OCH3 is 1. The van der Waals surface area contributed by atoms with Gasteiger partial charge in [-0.15, -0.1) is 11.3 Å². The molecule has 32 heavy (non-hydrogen) atoms. The number of rotatable bonds is 8. The normalized spacial score (nSPS) is 11.9. The molecule has 0 bridgehead atoms. The Kier molecular flexibility index (Phi) is 7.67. The van der Waals surface area contributed by atoms with Crippen molar-refractivity contribution in [3.8, 4) is 5.75 Å². The number of hydrogen-bond acceptors (Lipinski definition) is 5. The molecule has 0 spiro atoms. The van der Waals surface area contributed by atoms with Crippen molar-refractivity contribution in [2.45, 2.75) is 19.4 Å². The molecule has 1 aromatic heterocycles. The maximum Gasteiger partial charge on any atom is 0.248 e. The van der Waals surface area contributed by atoms with Crippen molar-refractivity contribution in [2.75, 3.05) is 12.4 Å². The monoisotopic (exact) mass is 457 g/mol. The van der Waals surface area contributed by atoms with E-state index in [4.69, 9.17) is 4.74 Å². The van der Waals surface area contributed by atoms with Crippen LogP contribution in [0.4, 0.5) is 13.9 Å². The van der Waals surface area contributed by atoms with E-state index in [1.54, 1.807) is 44.4 Å². The van der Waals surface area contributed by atoms with Crippen LogP contribution in [0, 0.1) is 11.6 Å². The van der Waals surface area contributed by atoms with E-state index < -0.39 is 29.5 Å². The lowest BCUT2D eigenvalue weighted by molar-refractivity contribution is -0.123. The Balaban J connectivity index is 1.51. The molecule has 0 aliphatic rings. The average molecular weight is 458 g/mol. The molecule has 0 radical (unpaired) electrons. The third-order valence-electron chi connectivity index (χ3n) is 4.46. The van der Waals surface area contributed by atoms with E-state index in [1.807, 2.05) is 0 Å². The van der Waals surface area contributed by atoms with Crippen LogP contribution in [0.15, 0.2) is 54.7 Å². The maximum absolute atomic E-state index is 13.8. The number of ether oxygens (including phenoxy) is 1. The van der Waals surface area contributed by atoms with Gasteiger partial charge in [-0.1, -0.05) is 18.2 Å². The Morgan fingerprint density at radius 1 is 1.19 bits per heavy atom. The average Bonchev–Trinajstić information content (AvgIpc) is 3.21. The fourth-order valence-corrected chi connectivity index (χ4v) is 3.57. The highest BCUT2D eigenvalue weighted by atomic mass is 32.1. The summed E-state index contributed by atoms with van der Waals surface area (Å²) < 4.78 is 31.9. The fourth-order valence-electron chi connectivity index (χ4n) is 2.73. The molecule has 9 heteroatoms. The van der Waals surface area contributed by atoms with E-state index in [0.29, 0.717) is 21.3 Å². The molecule has 2 amide bonds. The van der Waals surface area contributed by atoms with Crippen LogP contribution in [0.2, 0.25) is 0 Å². The van der Waals surface area contributed by atoms with Gasteiger partial charge in [0.25, 0.3) is 0 Å². The molecule has 0 saturated carbocycles. The Bertz CT molecular complexity index is 1130. The molecule has 1 heterocycles. The summed E-state index contributed by atoms with van der Waals surface area (Å²) in [6.07, 6.45) is 4.71. The van der Waals surface area contributed by atoms with Gasteiger partial charge in [0.05, 0.1) is 7.11 Å². The minimum absolute atomic E-state index is 0.224. The zero-order chi connectivity index (χ0) is 23.1. The predicted octanol–water partition coefficient (Wildman–Crippen LogP) is 4.18. The van der Waals surface area contributed by atoms with Gasteiger partial charge >= 0.3 is 0 Å². The Morgan fingerprint density at radius 3 is 2.62 bits per heavy atom. The molecule has 2 N–H and O–H groups in total. The minimum Gasteiger partial charge on any atom is -0.497 e. The van der Waals surface area contributed by atoms with E-state index >= 15 is 0 Å². The van der Waals surface area contributed by atoms with Crippen molar-refractivity contribution in [1.29, 1.82) is 0 Å². The van der Waals surface area contributed by atoms with Crippen LogP contribution < -0.4 is 15.4 Å². The van der Waals surface area contributed by atoms with Crippen molar-refractivity contribution in [2.24, 2.45) is 0 Å². The van der Waals surface area contributed by atoms with Crippen LogP contribution in [-0.4, -0.2) is 29.9 Å². The molecule has 2 aromatic carbocycles. The van der Waals surface area contributed by atoms with E-state index in [1.165, 1.54) is 35.7 Å². The van der Waals surface area contributed by atoms with Gasteiger partial charge < -0.3 is 15.4 Å². The topological polar surface area (TPSA) is 80.3 Å². The smallest absolute Gasteiger partial charge is 0.248 e. The predicted molar refractivity (Wildman–Crippen MR) is 120 cm³/mol. The molecule has 166 valence electrons. The second kappa shape index (κ2) is 10.6. The summed E-state index contributed by atoms with van der Waals surface area (Å²) in [6, 6.07) is 9.75. The zero-order valence-electron chi connectivity index (χ0n) is 17.4. The molecule has 0 fully saturated rings. The molecule has 3 aromatic rings. The summed E-state index contributed by atoms with van der Waals surface area (Å²) in [5.74, 6) is -1.42. The number of thiazole rings is 1. The quantitative estimate of drug-likeness (QED) is 0.498. The molecule has 0 saturated heterocycles. The summed E-state index contributed by atoms with van der Waals surface area (Å²) >= 11 is 1.18. The van der Waals surface area contributed by atoms with Gasteiger partial charge in [0.1, 0.15) is 23.4 Å². The molecule has 0 aliphatic carbocycles. The lowest BCUT2D eigenvalue weighted by atomic mass is 10.1. The standard InChI is InChI=1S/C23H21F2N3O3S/c1-14(27-21(29)10-5-15-3-8-18(31-2)9-4-15)22(30)28-23-26-13-19(32-23)11-16-6-7-17(24)12-20(16)25/h3-10,12-14H,11H2,1-2H3,(H,27,29)(H,26,28,30)/b10-5+. The van der Waals surface area contributed by atoms with Gasteiger partial charge in [0.15, 0.2) is 5.13 Å². The van der Waals surface area contributed by atoms with Crippen LogP contribution in [0.3, 0.4) is 0 Å². The number of carbonyl (C=O) groups excluding carboxylic acids is 2. The Hall–Kier alpha value is -3.59. The highest BCUT2D eigenvalue weighted by Crippen LogP contribution is 2.23. The summed E-state index contributed by atoms with van der Waals surface area (Å²) in [5.41, 5.74) is 1.14. The van der Waals surface area contributed by atoms with Gasteiger partial charge in [-0.25, -0.2) is 13.8 Å². The number of hydrogen-bond donors (Lipinski definition) is 2. The molecule has 3 rings (SSSR count). The number of carbonyl (C=O) groups is 2. The largest absolute Gasteiger partial charge is 0.497 e. The second-order valence-corrected chi connectivity index (χ2v) is 7.99. The second-order valence-electron chi connectivity index (χ2n) is 6.87. The van der Waals surface area contributed by atoms with E-state index in [9.17, 15) is 18.4 Å². The van der Waals surface area contributed by atoms with Crippen LogP contribution in [-0.2, 0) is 16.0 Å². The van der Waals surface area contributed by atoms with Gasteiger partial charge in [0.2, 0.25) is 11.8 Å². The SMILES string of the molecule is COc1ccc(/C=C/C(=O)NC(C)C(=O)Nc2ncc(Cc3ccc(F)cc3F)s2)cc1. The lowest BCUT2D eigenvalue weighted by Crippen LogP contribution is -2.40. The zero-order valence-corrected chi connectivity index (χ0v) is 18.2. The first-order chi connectivity index (χ1) is 15.3. The van der Waals surface area contributed by atoms with Crippen molar-refractivity contribution >= 4 is 34.4 Å². The third kappa shape index (κ3) is 6.45. The number of anilines is 1.